The summed E-state index contributed by atoms with van der Waals surface area (Å²) in [5.41, 5.74) is 0.724. The first kappa shape index (κ1) is 14.6. The molecule has 0 saturated carbocycles. The van der Waals surface area contributed by atoms with Gasteiger partial charge in [-0.1, -0.05) is 6.92 Å². The summed E-state index contributed by atoms with van der Waals surface area (Å²) in [5.74, 6) is 0.680. The van der Waals surface area contributed by atoms with Crippen molar-refractivity contribution in [2.24, 2.45) is 0 Å². The van der Waals surface area contributed by atoms with E-state index < -0.39 is 9.84 Å². The van der Waals surface area contributed by atoms with E-state index in [1.165, 1.54) is 6.26 Å². The van der Waals surface area contributed by atoms with E-state index in [-0.39, 0.29) is 10.9 Å². The molecule has 2 rings (SSSR count). The summed E-state index contributed by atoms with van der Waals surface area (Å²) in [5, 5.41) is 14.9. The van der Waals surface area contributed by atoms with Gasteiger partial charge in [-0.05, 0) is 48.2 Å². The average Bonchev–Trinajstić information content (AvgIpc) is 2.87. The molecule has 20 heavy (non-hydrogen) atoms. The quantitative estimate of drug-likeness (QED) is 0.875. The van der Waals surface area contributed by atoms with Gasteiger partial charge in [0.25, 0.3) is 0 Å². The van der Waals surface area contributed by atoms with Crippen LogP contribution in [-0.2, 0) is 9.84 Å². The topological polar surface area (TPSA) is 89.8 Å². The Balaban J connectivity index is 2.36. The Morgan fingerprint density at radius 1 is 1.30 bits per heavy atom. The van der Waals surface area contributed by atoms with E-state index in [2.05, 4.69) is 20.8 Å². The molecule has 0 fully saturated rings. The minimum Gasteiger partial charge on any atom is -0.308 e. The van der Waals surface area contributed by atoms with Crippen molar-refractivity contribution in [1.82, 2.24) is 25.5 Å². The zero-order valence-electron chi connectivity index (χ0n) is 11.6. The van der Waals surface area contributed by atoms with Crippen molar-refractivity contribution >= 4 is 9.84 Å². The van der Waals surface area contributed by atoms with Crippen molar-refractivity contribution < 1.29 is 8.42 Å². The molecule has 0 bridgehead atoms. The number of hydrogen-bond donors (Lipinski definition) is 1. The number of tetrazole rings is 1. The van der Waals surface area contributed by atoms with Crippen LogP contribution in [0.3, 0.4) is 0 Å². The summed E-state index contributed by atoms with van der Waals surface area (Å²) < 4.78 is 24.5. The Bertz CT molecular complexity index is 678. The lowest BCUT2D eigenvalue weighted by molar-refractivity contribution is 0.550. The maximum atomic E-state index is 11.4. The number of aromatic nitrogens is 4. The number of nitrogens with zero attached hydrogens (tertiary/aromatic N) is 4. The molecule has 108 valence electrons. The third-order valence-electron chi connectivity index (χ3n) is 2.90. The van der Waals surface area contributed by atoms with Crippen molar-refractivity contribution in [3.05, 3.63) is 30.1 Å². The lowest BCUT2D eigenvalue weighted by Crippen LogP contribution is -2.21. The fourth-order valence-electron chi connectivity index (χ4n) is 1.88. The summed E-state index contributed by atoms with van der Waals surface area (Å²) in [7, 11) is -3.20. The second-order valence-electron chi connectivity index (χ2n) is 4.49. The van der Waals surface area contributed by atoms with Crippen LogP contribution >= 0.6 is 0 Å². The second-order valence-corrected chi connectivity index (χ2v) is 6.51. The highest BCUT2D eigenvalue weighted by Crippen LogP contribution is 2.16. The van der Waals surface area contributed by atoms with Crippen molar-refractivity contribution in [1.29, 1.82) is 0 Å². The zero-order chi connectivity index (χ0) is 14.8. The van der Waals surface area contributed by atoms with Crippen LogP contribution in [0, 0.1) is 0 Å². The van der Waals surface area contributed by atoms with Gasteiger partial charge in [-0.2, -0.15) is 4.68 Å². The van der Waals surface area contributed by atoms with Crippen LogP contribution in [0.25, 0.3) is 5.69 Å². The molecule has 0 spiro atoms. The van der Waals surface area contributed by atoms with Crippen LogP contribution in [0.4, 0.5) is 0 Å². The molecule has 1 aromatic carbocycles. The minimum absolute atomic E-state index is 0.00424. The van der Waals surface area contributed by atoms with E-state index in [1.54, 1.807) is 28.9 Å². The molecule has 0 radical (unpaired) electrons. The van der Waals surface area contributed by atoms with Gasteiger partial charge in [0, 0.05) is 6.26 Å². The molecular formula is C12H17N5O2S. The Morgan fingerprint density at radius 3 is 2.50 bits per heavy atom. The summed E-state index contributed by atoms with van der Waals surface area (Å²) in [6, 6.07) is 6.48. The monoisotopic (exact) mass is 295 g/mol. The highest BCUT2D eigenvalue weighted by Gasteiger charge is 2.15. The highest BCUT2D eigenvalue weighted by molar-refractivity contribution is 7.90. The van der Waals surface area contributed by atoms with E-state index in [0.29, 0.717) is 5.82 Å². The molecule has 1 aromatic heterocycles. The number of benzene rings is 1. The maximum Gasteiger partial charge on any atom is 0.175 e. The summed E-state index contributed by atoms with van der Waals surface area (Å²) in [4.78, 5) is 0.274. The van der Waals surface area contributed by atoms with Gasteiger partial charge in [0.05, 0.1) is 16.6 Å². The highest BCUT2D eigenvalue weighted by atomic mass is 32.2. The Hall–Kier alpha value is -1.80. The first-order valence-electron chi connectivity index (χ1n) is 6.25. The van der Waals surface area contributed by atoms with Gasteiger partial charge >= 0.3 is 0 Å². The molecule has 2 aromatic rings. The molecule has 8 heteroatoms. The molecule has 0 aliphatic rings. The lowest BCUT2D eigenvalue weighted by atomic mass is 10.3. The van der Waals surface area contributed by atoms with Gasteiger partial charge in [0.2, 0.25) is 0 Å². The van der Waals surface area contributed by atoms with Gasteiger partial charge in [0.15, 0.2) is 15.7 Å². The standard InChI is InChI=1S/C12H17N5O2S/c1-4-13-9(2)12-14-15-16-17(12)10-5-7-11(8-6-10)20(3,18)19/h5-9,13H,4H2,1-3H3. The van der Waals surface area contributed by atoms with E-state index in [4.69, 9.17) is 0 Å². The number of sulfone groups is 1. The van der Waals surface area contributed by atoms with Gasteiger partial charge in [-0.3, -0.25) is 0 Å². The SMILES string of the molecule is CCNC(C)c1nnnn1-c1ccc(S(C)(=O)=O)cc1. The summed E-state index contributed by atoms with van der Waals surface area (Å²) in [6.45, 7) is 4.78. The van der Waals surface area contributed by atoms with Gasteiger partial charge in [-0.15, -0.1) is 5.10 Å². The first-order chi connectivity index (χ1) is 9.43. The predicted octanol–water partition coefficient (Wildman–Crippen LogP) is 0.736. The summed E-state index contributed by atoms with van der Waals surface area (Å²) in [6.07, 6.45) is 1.18. The lowest BCUT2D eigenvalue weighted by Gasteiger charge is -2.12. The molecule has 0 amide bonds. The molecule has 0 saturated heterocycles. The average molecular weight is 295 g/mol. The Morgan fingerprint density at radius 2 is 1.95 bits per heavy atom. The molecule has 1 unspecified atom stereocenters. The molecule has 0 aliphatic heterocycles. The molecule has 1 atom stereocenters. The largest absolute Gasteiger partial charge is 0.308 e. The molecule has 1 heterocycles. The number of rotatable bonds is 5. The van der Waals surface area contributed by atoms with E-state index in [0.717, 1.165) is 12.2 Å². The van der Waals surface area contributed by atoms with Crippen LogP contribution in [-0.4, -0.2) is 41.4 Å². The summed E-state index contributed by atoms with van der Waals surface area (Å²) >= 11 is 0. The van der Waals surface area contributed by atoms with Crippen LogP contribution < -0.4 is 5.32 Å². The van der Waals surface area contributed by atoms with Crippen molar-refractivity contribution in [3.63, 3.8) is 0 Å². The third-order valence-corrected chi connectivity index (χ3v) is 4.03. The van der Waals surface area contributed by atoms with Crippen molar-refractivity contribution in [3.8, 4) is 5.69 Å². The fourth-order valence-corrected chi connectivity index (χ4v) is 2.51. The van der Waals surface area contributed by atoms with Crippen LogP contribution in [0.1, 0.15) is 25.7 Å². The number of hydrogen-bond acceptors (Lipinski definition) is 6. The van der Waals surface area contributed by atoms with Gasteiger partial charge in [-0.25, -0.2) is 8.42 Å². The minimum atomic E-state index is -3.20. The first-order valence-corrected chi connectivity index (χ1v) is 8.14. The van der Waals surface area contributed by atoms with Crippen molar-refractivity contribution in [2.75, 3.05) is 12.8 Å². The third kappa shape index (κ3) is 3.02. The van der Waals surface area contributed by atoms with E-state index in [1.807, 2.05) is 13.8 Å². The van der Waals surface area contributed by atoms with Crippen LogP contribution in [0.5, 0.6) is 0 Å². The zero-order valence-corrected chi connectivity index (χ0v) is 12.4. The van der Waals surface area contributed by atoms with Crippen LogP contribution in [0.2, 0.25) is 0 Å². The molecule has 1 N–H and O–H groups in total. The normalized spacial score (nSPS) is 13.3. The van der Waals surface area contributed by atoms with E-state index >= 15 is 0 Å². The molecule has 7 nitrogen and oxygen atoms in total. The predicted molar refractivity (Wildman–Crippen MR) is 74.4 cm³/mol. The Kier molecular flexibility index (Phi) is 4.15. The van der Waals surface area contributed by atoms with Gasteiger partial charge in [0.1, 0.15) is 0 Å². The van der Waals surface area contributed by atoms with E-state index in [9.17, 15) is 8.42 Å². The van der Waals surface area contributed by atoms with Crippen molar-refractivity contribution in [2.45, 2.75) is 24.8 Å². The maximum absolute atomic E-state index is 11.4. The fraction of sp³-hybridized carbons (Fsp3) is 0.417. The second kappa shape index (κ2) is 5.68. The van der Waals surface area contributed by atoms with Crippen LogP contribution in [0.15, 0.2) is 29.2 Å². The Labute approximate surface area is 117 Å². The smallest absolute Gasteiger partial charge is 0.175 e. The number of nitrogens with one attached hydrogen (secondary N) is 1. The molecule has 0 aliphatic carbocycles. The van der Waals surface area contributed by atoms with Gasteiger partial charge < -0.3 is 5.32 Å². The molecular weight excluding hydrogens is 278 g/mol.